The van der Waals surface area contributed by atoms with Crippen molar-refractivity contribution in [3.05, 3.63) is 24.5 Å². The molecule has 0 N–H and O–H groups in total. The highest BCUT2D eigenvalue weighted by molar-refractivity contribution is 5.95. The number of methoxy groups -OCH3 is 1. The zero-order chi connectivity index (χ0) is 33.3. The average Bonchev–Trinajstić information content (AvgIpc) is 3.05. The Balaban J connectivity index is 2.10. The largest absolute Gasteiger partial charge is 0.428 e. The molecule has 3 rings (SSSR count). The molecule has 0 unspecified atom stereocenters. The van der Waals surface area contributed by atoms with E-state index in [1.807, 2.05) is 0 Å². The number of rotatable bonds is 9. The first-order chi connectivity index (χ1) is 22.2. The van der Waals surface area contributed by atoms with E-state index in [2.05, 4.69) is 6.58 Å². The molecule has 0 aromatic carbocycles. The van der Waals surface area contributed by atoms with Gasteiger partial charge in [-0.15, -0.1) is 0 Å². The van der Waals surface area contributed by atoms with Crippen LogP contribution in [-0.2, 0) is 23.8 Å². The first kappa shape index (κ1) is 38.8. The second-order valence-electron chi connectivity index (χ2n) is 15.5. The molecule has 0 amide bonds. The third kappa shape index (κ3) is 11.8. The molecule has 0 heterocycles. The number of hydrogen-bond acceptors (Lipinski definition) is 5. The van der Waals surface area contributed by atoms with Crippen LogP contribution >= 0.6 is 0 Å². The van der Waals surface area contributed by atoms with E-state index in [1.165, 1.54) is 142 Å². The molecule has 0 aromatic rings. The fraction of sp³-hybridized carbons (Fsp3) is 0.854. The Morgan fingerprint density at radius 2 is 0.783 bits per heavy atom. The Labute approximate surface area is 283 Å². The van der Waals surface area contributed by atoms with Crippen LogP contribution in [0.4, 0.5) is 0 Å². The molecule has 3 saturated carbocycles. The minimum Gasteiger partial charge on any atom is -0.428 e. The standard InChI is InChI=1S/C41H70O5/c1-33(38(42)45-34(2)39(43)46-40(3,4)44-5)41(35-27-21-15-9-6-10-16-22-28-35,36-29-23-17-11-7-12-18-24-30-36)37-31-25-19-13-8-14-20-26-32-37/h35-37H,1-2,6-32H2,3-5H3. The zero-order valence-electron chi connectivity index (χ0n) is 30.3. The van der Waals surface area contributed by atoms with Gasteiger partial charge in [-0.2, -0.15) is 0 Å². The van der Waals surface area contributed by atoms with Crippen molar-refractivity contribution < 1.29 is 23.8 Å². The number of ether oxygens (including phenoxy) is 3. The molecule has 5 heteroatoms. The summed E-state index contributed by atoms with van der Waals surface area (Å²) in [5.74, 6) is -1.46. The van der Waals surface area contributed by atoms with E-state index in [4.69, 9.17) is 20.8 Å². The van der Waals surface area contributed by atoms with Gasteiger partial charge in [0.15, 0.2) is 0 Å². The van der Waals surface area contributed by atoms with Gasteiger partial charge in [-0.05, 0) is 62.9 Å². The normalized spacial score (nSPS) is 22.2. The van der Waals surface area contributed by atoms with Crippen LogP contribution in [0.1, 0.15) is 187 Å². The van der Waals surface area contributed by atoms with E-state index in [-0.39, 0.29) is 11.2 Å². The van der Waals surface area contributed by atoms with E-state index in [1.54, 1.807) is 13.8 Å². The summed E-state index contributed by atoms with van der Waals surface area (Å²) in [6.07, 6.45) is 33.8. The zero-order valence-corrected chi connectivity index (χ0v) is 30.3. The van der Waals surface area contributed by atoms with E-state index in [0.717, 1.165) is 38.5 Å². The minimum absolute atomic E-state index is 0.284. The maximum absolute atomic E-state index is 14.5. The summed E-state index contributed by atoms with van der Waals surface area (Å²) in [7, 11) is 1.48. The number of carbonyl (C=O) groups is 2. The highest BCUT2D eigenvalue weighted by atomic mass is 16.7. The lowest BCUT2D eigenvalue weighted by molar-refractivity contribution is -0.205. The van der Waals surface area contributed by atoms with Gasteiger partial charge < -0.3 is 14.2 Å². The molecule has 0 aliphatic heterocycles. The lowest BCUT2D eigenvalue weighted by Gasteiger charge is -2.53. The number of hydrogen-bond donors (Lipinski definition) is 0. The molecule has 5 nitrogen and oxygen atoms in total. The molecule has 3 aliphatic carbocycles. The topological polar surface area (TPSA) is 61.8 Å². The molecule has 3 aliphatic rings. The third-order valence-corrected chi connectivity index (χ3v) is 11.9. The van der Waals surface area contributed by atoms with Crippen molar-refractivity contribution in [3.63, 3.8) is 0 Å². The molecule has 0 atom stereocenters. The lowest BCUT2D eigenvalue weighted by Crippen LogP contribution is -2.49. The maximum atomic E-state index is 14.5. The average molecular weight is 643 g/mol. The van der Waals surface area contributed by atoms with Crippen LogP contribution in [0.2, 0.25) is 0 Å². The molecule has 3 fully saturated rings. The van der Waals surface area contributed by atoms with Gasteiger partial charge in [0.1, 0.15) is 0 Å². The molecule has 0 aromatic heterocycles. The van der Waals surface area contributed by atoms with Crippen molar-refractivity contribution in [1.29, 1.82) is 0 Å². The summed E-state index contributed by atoms with van der Waals surface area (Å²) in [5.41, 5.74) is 0.295. The second kappa shape index (κ2) is 20.7. The van der Waals surface area contributed by atoms with Crippen LogP contribution in [-0.4, -0.2) is 24.8 Å². The highest BCUT2D eigenvalue weighted by Gasteiger charge is 2.53. The first-order valence-electron chi connectivity index (χ1n) is 19.6. The monoisotopic (exact) mass is 643 g/mol. The Morgan fingerprint density at radius 3 is 1.07 bits per heavy atom. The summed E-state index contributed by atoms with van der Waals surface area (Å²) in [6, 6.07) is 0. The van der Waals surface area contributed by atoms with Crippen LogP contribution in [0.5, 0.6) is 0 Å². The second-order valence-corrected chi connectivity index (χ2v) is 15.5. The third-order valence-electron chi connectivity index (χ3n) is 11.9. The van der Waals surface area contributed by atoms with Gasteiger partial charge >= 0.3 is 11.9 Å². The summed E-state index contributed by atoms with van der Waals surface area (Å²) in [4.78, 5) is 27.5. The first-order valence-corrected chi connectivity index (χ1v) is 19.6. The molecule has 46 heavy (non-hydrogen) atoms. The van der Waals surface area contributed by atoms with Crippen LogP contribution in [0, 0.1) is 23.2 Å². The van der Waals surface area contributed by atoms with Crippen molar-refractivity contribution >= 4 is 11.9 Å². The molecule has 0 bridgehead atoms. The van der Waals surface area contributed by atoms with Crippen molar-refractivity contribution in [2.24, 2.45) is 23.2 Å². The summed E-state index contributed by atoms with van der Waals surface area (Å²) >= 11 is 0. The summed E-state index contributed by atoms with van der Waals surface area (Å²) in [6.45, 7) is 11.9. The number of carbonyl (C=O) groups excluding carboxylic acids is 2. The molecule has 0 radical (unpaired) electrons. The molecule has 0 spiro atoms. The van der Waals surface area contributed by atoms with Gasteiger partial charge in [0.25, 0.3) is 0 Å². The molecular formula is C41H70O5. The Bertz CT molecular complexity index is 841. The van der Waals surface area contributed by atoms with Crippen molar-refractivity contribution in [2.75, 3.05) is 7.11 Å². The smallest absolute Gasteiger partial charge is 0.376 e. The van der Waals surface area contributed by atoms with E-state index in [9.17, 15) is 9.59 Å². The van der Waals surface area contributed by atoms with Gasteiger partial charge in [0.05, 0.1) is 0 Å². The summed E-state index contributed by atoms with van der Waals surface area (Å²) < 4.78 is 16.6. The van der Waals surface area contributed by atoms with Gasteiger partial charge in [-0.25, -0.2) is 9.59 Å². The Hall–Kier alpha value is -1.62. The number of esters is 2. The lowest BCUT2D eigenvalue weighted by atomic mass is 9.50. The van der Waals surface area contributed by atoms with Crippen LogP contribution in [0.3, 0.4) is 0 Å². The van der Waals surface area contributed by atoms with Crippen molar-refractivity contribution in [2.45, 2.75) is 193 Å². The van der Waals surface area contributed by atoms with Gasteiger partial charge in [-0.1, -0.05) is 141 Å². The van der Waals surface area contributed by atoms with Crippen molar-refractivity contribution in [3.8, 4) is 0 Å². The predicted octanol–water partition coefficient (Wildman–Crippen LogP) is 11.9. The minimum atomic E-state index is -1.14. The van der Waals surface area contributed by atoms with Crippen molar-refractivity contribution in [1.82, 2.24) is 0 Å². The molecule has 264 valence electrons. The van der Waals surface area contributed by atoms with Crippen LogP contribution in [0.15, 0.2) is 24.5 Å². The maximum Gasteiger partial charge on any atom is 0.376 e. The van der Waals surface area contributed by atoms with Gasteiger partial charge in [-0.3, -0.25) is 0 Å². The Kier molecular flexibility index (Phi) is 17.5. The molecule has 0 saturated heterocycles. The fourth-order valence-electron chi connectivity index (χ4n) is 9.32. The van der Waals surface area contributed by atoms with Gasteiger partial charge in [0, 0.05) is 31.9 Å². The fourth-order valence-corrected chi connectivity index (χ4v) is 9.32. The predicted molar refractivity (Wildman–Crippen MR) is 189 cm³/mol. The van der Waals surface area contributed by atoms with Crippen LogP contribution < -0.4 is 0 Å². The quantitative estimate of drug-likeness (QED) is 0.108. The van der Waals surface area contributed by atoms with E-state index >= 15 is 0 Å². The Morgan fingerprint density at radius 1 is 0.500 bits per heavy atom. The molecular weight excluding hydrogens is 572 g/mol. The van der Waals surface area contributed by atoms with E-state index < -0.39 is 17.7 Å². The highest BCUT2D eigenvalue weighted by Crippen LogP contribution is 2.58. The van der Waals surface area contributed by atoms with E-state index in [0.29, 0.717) is 23.3 Å². The summed E-state index contributed by atoms with van der Waals surface area (Å²) in [5, 5.41) is 0. The van der Waals surface area contributed by atoms with Crippen LogP contribution in [0.25, 0.3) is 0 Å². The van der Waals surface area contributed by atoms with Gasteiger partial charge in [0.2, 0.25) is 11.5 Å². The SMILES string of the molecule is C=C(OC(=O)C(=C)C(C1CCCCCCCCC1)(C1CCCCCCCCC1)C1CCCCCCCCC1)C(=O)OC(C)(C)OC.